The molecule has 2 rings (SSSR count). The first-order chi connectivity index (χ1) is 11.1. The van der Waals surface area contributed by atoms with Gasteiger partial charge in [-0.05, 0) is 31.4 Å². The molecule has 1 aromatic rings. The third-order valence-electron chi connectivity index (χ3n) is 4.05. The van der Waals surface area contributed by atoms with Gasteiger partial charge in [-0.15, -0.1) is 0 Å². The molecular weight excluding hydrogens is 298 g/mol. The van der Waals surface area contributed by atoms with Crippen LogP contribution in [0.25, 0.3) is 0 Å². The fourth-order valence-electron chi connectivity index (χ4n) is 2.76. The number of carboxylic acids is 1. The van der Waals surface area contributed by atoms with Crippen molar-refractivity contribution in [1.82, 2.24) is 0 Å². The molecule has 1 fully saturated rings. The lowest BCUT2D eigenvalue weighted by atomic mass is 10.0. The van der Waals surface area contributed by atoms with E-state index in [4.69, 9.17) is 14.6 Å². The first-order valence-corrected chi connectivity index (χ1v) is 7.86. The van der Waals surface area contributed by atoms with Gasteiger partial charge in [-0.1, -0.05) is 12.1 Å². The Kier molecular flexibility index (Phi) is 6.40. The Morgan fingerprint density at radius 2 is 1.96 bits per heavy atom. The van der Waals surface area contributed by atoms with E-state index in [9.17, 15) is 9.59 Å². The summed E-state index contributed by atoms with van der Waals surface area (Å²) in [4.78, 5) is 23.3. The molecule has 23 heavy (non-hydrogen) atoms. The molecule has 0 bridgehead atoms. The van der Waals surface area contributed by atoms with E-state index in [0.717, 1.165) is 6.42 Å². The third-order valence-corrected chi connectivity index (χ3v) is 4.05. The Bertz CT molecular complexity index is 546. The van der Waals surface area contributed by atoms with Gasteiger partial charge in [0.25, 0.3) is 0 Å². The Morgan fingerprint density at radius 3 is 2.65 bits per heavy atom. The van der Waals surface area contributed by atoms with Gasteiger partial charge in [-0.2, -0.15) is 0 Å². The number of benzene rings is 1. The van der Waals surface area contributed by atoms with Gasteiger partial charge >= 0.3 is 5.97 Å². The molecule has 0 aliphatic heterocycles. The zero-order chi connectivity index (χ0) is 16.7. The van der Waals surface area contributed by atoms with Crippen molar-refractivity contribution in [2.24, 2.45) is 11.8 Å². The van der Waals surface area contributed by atoms with E-state index < -0.39 is 11.9 Å². The molecule has 0 saturated heterocycles. The van der Waals surface area contributed by atoms with E-state index in [1.807, 2.05) is 12.1 Å². The van der Waals surface area contributed by atoms with Crippen LogP contribution in [-0.2, 0) is 14.3 Å². The van der Waals surface area contributed by atoms with Crippen molar-refractivity contribution in [1.29, 1.82) is 0 Å². The number of carbonyl (C=O) groups is 2. The quantitative estimate of drug-likeness (QED) is 0.719. The maximum atomic E-state index is 12.3. The minimum atomic E-state index is -0.817. The van der Waals surface area contributed by atoms with E-state index in [2.05, 4.69) is 5.32 Å². The van der Waals surface area contributed by atoms with Crippen molar-refractivity contribution < 1.29 is 24.2 Å². The summed E-state index contributed by atoms with van der Waals surface area (Å²) in [5.41, 5.74) is 0.619. The smallest absolute Gasteiger partial charge is 0.306 e. The van der Waals surface area contributed by atoms with E-state index >= 15 is 0 Å². The maximum Gasteiger partial charge on any atom is 0.306 e. The van der Waals surface area contributed by atoms with Gasteiger partial charge in [0.05, 0.1) is 18.2 Å². The van der Waals surface area contributed by atoms with Crippen LogP contribution in [0, 0.1) is 11.8 Å². The highest BCUT2D eigenvalue weighted by Gasteiger charge is 2.34. The number of aliphatic carboxylic acids is 1. The molecule has 1 saturated carbocycles. The van der Waals surface area contributed by atoms with Crippen molar-refractivity contribution in [2.45, 2.75) is 25.7 Å². The number of amides is 1. The number of hydrogen-bond acceptors (Lipinski definition) is 4. The number of carbonyl (C=O) groups excluding carboxylic acids is 1. The van der Waals surface area contributed by atoms with Crippen molar-refractivity contribution in [3.05, 3.63) is 24.3 Å². The van der Waals surface area contributed by atoms with Crippen LogP contribution in [0.15, 0.2) is 24.3 Å². The van der Waals surface area contributed by atoms with Crippen molar-refractivity contribution in [2.75, 3.05) is 25.6 Å². The second kappa shape index (κ2) is 8.53. The van der Waals surface area contributed by atoms with Crippen molar-refractivity contribution >= 4 is 17.6 Å². The number of nitrogens with one attached hydrogen (secondary N) is 1. The summed E-state index contributed by atoms with van der Waals surface area (Å²) < 4.78 is 10.6. The average Bonchev–Trinajstić information content (AvgIpc) is 3.03. The molecule has 6 nitrogen and oxygen atoms in total. The molecule has 2 atom stereocenters. The van der Waals surface area contributed by atoms with Crippen LogP contribution in [0.4, 0.5) is 5.69 Å². The molecule has 1 amide bonds. The lowest BCUT2D eigenvalue weighted by Crippen LogP contribution is -2.22. The predicted octanol–water partition coefficient (Wildman–Crippen LogP) is 2.54. The standard InChI is InChI=1S/C17H23NO5/c1-22-9-4-10-23-15-6-3-2-5-14(15)18-16(19)12-7-8-13(11-12)17(20)21/h2-3,5-6,12-13H,4,7-11H2,1H3,(H,18,19)(H,20,21)/t12-,13+/m1/s1. The highest BCUT2D eigenvalue weighted by molar-refractivity contribution is 5.94. The third kappa shape index (κ3) is 4.96. The van der Waals surface area contributed by atoms with Gasteiger partial charge in [-0.25, -0.2) is 0 Å². The number of carboxylic acid groups (broad SMARTS) is 1. The Labute approximate surface area is 135 Å². The van der Waals surface area contributed by atoms with Gasteiger partial charge in [0, 0.05) is 26.1 Å². The Hall–Kier alpha value is -2.08. The highest BCUT2D eigenvalue weighted by atomic mass is 16.5. The lowest BCUT2D eigenvalue weighted by molar-refractivity contribution is -0.141. The summed E-state index contributed by atoms with van der Waals surface area (Å²) >= 11 is 0. The Morgan fingerprint density at radius 1 is 1.22 bits per heavy atom. The maximum absolute atomic E-state index is 12.3. The van der Waals surface area contributed by atoms with E-state index in [-0.39, 0.29) is 11.8 Å². The zero-order valence-electron chi connectivity index (χ0n) is 13.3. The predicted molar refractivity (Wildman–Crippen MR) is 85.5 cm³/mol. The van der Waals surface area contributed by atoms with Gasteiger partial charge in [0.2, 0.25) is 5.91 Å². The molecule has 1 aliphatic rings. The second-order valence-electron chi connectivity index (χ2n) is 5.73. The zero-order valence-corrected chi connectivity index (χ0v) is 13.3. The minimum Gasteiger partial charge on any atom is -0.491 e. The first kappa shape index (κ1) is 17.3. The highest BCUT2D eigenvalue weighted by Crippen LogP contribution is 2.33. The molecule has 1 aromatic carbocycles. The van der Waals surface area contributed by atoms with Crippen LogP contribution in [-0.4, -0.2) is 37.3 Å². The Balaban J connectivity index is 1.92. The molecule has 126 valence electrons. The van der Waals surface area contributed by atoms with E-state index in [0.29, 0.717) is 43.9 Å². The fraction of sp³-hybridized carbons (Fsp3) is 0.529. The summed E-state index contributed by atoms with van der Waals surface area (Å²) in [6.45, 7) is 1.12. The normalized spacial score (nSPS) is 20.2. The largest absolute Gasteiger partial charge is 0.491 e. The van der Waals surface area contributed by atoms with Gasteiger partial charge in [0.1, 0.15) is 5.75 Å². The molecule has 2 N–H and O–H groups in total. The molecule has 0 spiro atoms. The van der Waals surface area contributed by atoms with Gasteiger partial charge < -0.3 is 19.9 Å². The number of methoxy groups -OCH3 is 1. The number of para-hydroxylation sites is 2. The molecule has 0 radical (unpaired) electrons. The summed E-state index contributed by atoms with van der Waals surface area (Å²) in [5.74, 6) is -1.00. The molecule has 0 aromatic heterocycles. The first-order valence-electron chi connectivity index (χ1n) is 7.86. The van der Waals surface area contributed by atoms with Gasteiger partial charge in [0.15, 0.2) is 0 Å². The van der Waals surface area contributed by atoms with Crippen LogP contribution in [0.2, 0.25) is 0 Å². The fourth-order valence-corrected chi connectivity index (χ4v) is 2.76. The number of hydrogen-bond donors (Lipinski definition) is 2. The summed E-state index contributed by atoms with van der Waals surface area (Å²) in [7, 11) is 1.64. The molecular formula is C17H23NO5. The number of rotatable bonds is 8. The van der Waals surface area contributed by atoms with E-state index in [1.54, 1.807) is 19.2 Å². The summed E-state index contributed by atoms with van der Waals surface area (Å²) in [6.07, 6.45) is 2.34. The van der Waals surface area contributed by atoms with Crippen molar-refractivity contribution in [3.63, 3.8) is 0 Å². The molecule has 1 aliphatic carbocycles. The molecule has 0 unspecified atom stereocenters. The van der Waals surface area contributed by atoms with Crippen molar-refractivity contribution in [3.8, 4) is 5.75 Å². The van der Waals surface area contributed by atoms with Crippen LogP contribution < -0.4 is 10.1 Å². The SMILES string of the molecule is COCCCOc1ccccc1NC(=O)[C@@H]1CC[C@H](C(=O)O)C1. The van der Waals surface area contributed by atoms with E-state index in [1.165, 1.54) is 0 Å². The van der Waals surface area contributed by atoms with Crippen LogP contribution in [0.1, 0.15) is 25.7 Å². The topological polar surface area (TPSA) is 84.9 Å². The monoisotopic (exact) mass is 321 g/mol. The summed E-state index contributed by atoms with van der Waals surface area (Å²) in [5, 5.41) is 11.9. The number of anilines is 1. The summed E-state index contributed by atoms with van der Waals surface area (Å²) in [6, 6.07) is 7.26. The minimum absolute atomic E-state index is 0.137. The average molecular weight is 321 g/mol. The van der Waals surface area contributed by atoms with Crippen LogP contribution in [0.5, 0.6) is 5.75 Å². The van der Waals surface area contributed by atoms with Crippen LogP contribution in [0.3, 0.4) is 0 Å². The van der Waals surface area contributed by atoms with Gasteiger partial charge in [-0.3, -0.25) is 9.59 Å². The van der Waals surface area contributed by atoms with Crippen LogP contribution >= 0.6 is 0 Å². The second-order valence-corrected chi connectivity index (χ2v) is 5.73. The lowest BCUT2D eigenvalue weighted by Gasteiger charge is -2.15. The molecule has 0 heterocycles. The number of ether oxygens (including phenoxy) is 2. The molecule has 6 heteroatoms.